The zero-order chi connectivity index (χ0) is 37.0. The van der Waals surface area contributed by atoms with Gasteiger partial charge < -0.3 is 24.6 Å². The summed E-state index contributed by atoms with van der Waals surface area (Å²) in [6.45, 7) is 2.25. The third kappa shape index (κ3) is 34.4. The molecule has 0 aliphatic heterocycles. The largest absolute Gasteiger partial charge is 0.472 e. The lowest BCUT2D eigenvalue weighted by Gasteiger charge is -2.20. The van der Waals surface area contributed by atoms with Gasteiger partial charge in [-0.05, 0) is 57.8 Å². The summed E-state index contributed by atoms with van der Waals surface area (Å²) >= 11 is 0. The smallest absolute Gasteiger partial charge is 0.462 e. The predicted octanol–water partition coefficient (Wildman–Crippen LogP) is 9.38. The fourth-order valence-corrected chi connectivity index (χ4v) is 5.53. The number of carbonyl (C=O) groups excluding carboxylic acids is 2. The Morgan fingerprint density at radius 1 is 0.600 bits per heavy atom. The van der Waals surface area contributed by atoms with E-state index in [1.165, 1.54) is 51.4 Å². The normalized spacial score (nSPS) is 14.6. The molecule has 0 aromatic heterocycles. The summed E-state index contributed by atoms with van der Waals surface area (Å²) in [5.74, 6) is -0.969. The molecule has 290 valence electrons. The van der Waals surface area contributed by atoms with Crippen molar-refractivity contribution in [3.63, 3.8) is 0 Å². The van der Waals surface area contributed by atoms with Crippen LogP contribution in [0.15, 0.2) is 48.6 Å². The van der Waals surface area contributed by atoms with Gasteiger partial charge in [0.05, 0.1) is 19.8 Å². The summed E-state index contributed by atoms with van der Waals surface area (Å²) in [6, 6.07) is 0. The zero-order valence-corrected chi connectivity index (χ0v) is 32.0. The highest BCUT2D eigenvalue weighted by Crippen LogP contribution is 2.43. The van der Waals surface area contributed by atoms with Gasteiger partial charge in [-0.25, -0.2) is 4.57 Å². The van der Waals surface area contributed by atoms with Crippen LogP contribution in [0.25, 0.3) is 0 Å². The summed E-state index contributed by atoms with van der Waals surface area (Å²) in [5.41, 5.74) is 0. The molecule has 11 heteroatoms. The number of unbranched alkanes of at least 4 members (excludes halogenated alkanes) is 13. The summed E-state index contributed by atoms with van der Waals surface area (Å²) in [4.78, 5) is 34.7. The van der Waals surface area contributed by atoms with Crippen LogP contribution >= 0.6 is 7.82 Å². The van der Waals surface area contributed by atoms with Crippen LogP contribution in [0.5, 0.6) is 0 Å². The minimum atomic E-state index is -4.61. The molecule has 10 nitrogen and oxygen atoms in total. The van der Waals surface area contributed by atoms with Crippen molar-refractivity contribution >= 4 is 19.8 Å². The lowest BCUT2D eigenvalue weighted by atomic mass is 10.1. The highest BCUT2D eigenvalue weighted by molar-refractivity contribution is 7.47. The summed E-state index contributed by atoms with van der Waals surface area (Å²) < 4.78 is 32.5. The van der Waals surface area contributed by atoms with Gasteiger partial charge in [0.25, 0.3) is 0 Å². The molecule has 0 heterocycles. The molecular weight excluding hydrogens is 659 g/mol. The molecule has 0 aliphatic carbocycles. The van der Waals surface area contributed by atoms with E-state index in [0.717, 1.165) is 57.8 Å². The van der Waals surface area contributed by atoms with Gasteiger partial charge in [0, 0.05) is 12.8 Å². The van der Waals surface area contributed by atoms with E-state index in [1.54, 1.807) is 0 Å². The molecule has 50 heavy (non-hydrogen) atoms. The van der Waals surface area contributed by atoms with Gasteiger partial charge in [-0.15, -0.1) is 0 Å². The number of hydrogen-bond acceptors (Lipinski definition) is 9. The first kappa shape index (κ1) is 47.9. The van der Waals surface area contributed by atoms with Crippen molar-refractivity contribution in [2.24, 2.45) is 0 Å². The van der Waals surface area contributed by atoms with Crippen molar-refractivity contribution in [3.05, 3.63) is 48.6 Å². The third-order valence-corrected chi connectivity index (χ3v) is 8.69. The number of carbonyl (C=O) groups is 2. The first-order valence-electron chi connectivity index (χ1n) is 19.1. The highest BCUT2D eigenvalue weighted by atomic mass is 31.2. The van der Waals surface area contributed by atoms with E-state index in [9.17, 15) is 24.2 Å². The molecule has 0 rings (SSSR count). The third-order valence-electron chi connectivity index (χ3n) is 7.74. The van der Waals surface area contributed by atoms with Crippen molar-refractivity contribution < 1.29 is 47.8 Å². The fourth-order valence-electron chi connectivity index (χ4n) is 4.74. The maximum atomic E-state index is 12.5. The molecule has 0 amide bonds. The first-order valence-corrected chi connectivity index (χ1v) is 20.6. The number of allylic oxidation sites excluding steroid dienone is 8. The second kappa shape index (κ2) is 35.3. The Balaban J connectivity index is 4.35. The second-order valence-electron chi connectivity index (χ2n) is 12.6. The number of aliphatic hydroxyl groups is 2. The molecule has 0 saturated carbocycles. The standard InChI is InChI=1S/C39H69O10P/c1-3-5-7-9-11-13-14-15-16-17-18-19-20-21-22-23-25-26-28-30-38(42)46-34-37(35-48-50(44,45)47-33-36(41)32-40)49-39(43)31-29-27-24-12-10-8-6-4-2/h11,13,15-16,18-19,21-22,36-37,40-41H,3-10,12,14,17,20,23-35H2,1-2H3,(H,44,45)/b13-11+,16-15+,19-18+,22-21+/t36-,37+/m1/s1. The van der Waals surface area contributed by atoms with E-state index < -0.39 is 51.8 Å². The zero-order valence-electron chi connectivity index (χ0n) is 31.1. The van der Waals surface area contributed by atoms with Crippen LogP contribution in [-0.2, 0) is 32.7 Å². The van der Waals surface area contributed by atoms with E-state index in [4.69, 9.17) is 19.1 Å². The van der Waals surface area contributed by atoms with E-state index in [2.05, 4.69) is 67.0 Å². The molecule has 0 bridgehead atoms. The van der Waals surface area contributed by atoms with Crippen LogP contribution in [0.2, 0.25) is 0 Å². The number of rotatable bonds is 35. The molecule has 0 spiro atoms. The van der Waals surface area contributed by atoms with E-state index in [-0.39, 0.29) is 19.4 Å². The van der Waals surface area contributed by atoms with Crippen molar-refractivity contribution in [2.75, 3.05) is 26.4 Å². The van der Waals surface area contributed by atoms with Crippen LogP contribution in [0.3, 0.4) is 0 Å². The van der Waals surface area contributed by atoms with Crippen LogP contribution in [0.1, 0.15) is 149 Å². The summed E-state index contributed by atoms with van der Waals surface area (Å²) in [5, 5.41) is 18.2. The number of ether oxygens (including phenoxy) is 2. The number of aliphatic hydroxyl groups excluding tert-OH is 2. The molecule has 0 radical (unpaired) electrons. The van der Waals surface area contributed by atoms with Crippen LogP contribution in [0, 0.1) is 0 Å². The number of hydrogen-bond donors (Lipinski definition) is 3. The van der Waals surface area contributed by atoms with Crippen LogP contribution in [0.4, 0.5) is 0 Å². The predicted molar refractivity (Wildman–Crippen MR) is 201 cm³/mol. The monoisotopic (exact) mass is 728 g/mol. The molecule has 3 atom stereocenters. The molecule has 0 saturated heterocycles. The Labute approximate surface area is 303 Å². The second-order valence-corrected chi connectivity index (χ2v) is 14.1. The topological polar surface area (TPSA) is 149 Å². The minimum Gasteiger partial charge on any atom is -0.462 e. The molecule has 0 aromatic rings. The van der Waals surface area contributed by atoms with Gasteiger partial charge in [-0.2, -0.15) is 0 Å². The van der Waals surface area contributed by atoms with Crippen molar-refractivity contribution in [2.45, 2.75) is 161 Å². The van der Waals surface area contributed by atoms with Gasteiger partial charge in [-0.1, -0.05) is 127 Å². The highest BCUT2D eigenvalue weighted by Gasteiger charge is 2.27. The number of phosphoric acid groups is 1. The Kier molecular flexibility index (Phi) is 33.9. The average Bonchev–Trinajstić information content (AvgIpc) is 3.10. The molecule has 0 fully saturated rings. The van der Waals surface area contributed by atoms with Gasteiger partial charge in [0.2, 0.25) is 0 Å². The molecule has 1 unspecified atom stereocenters. The average molecular weight is 729 g/mol. The molecule has 3 N–H and O–H groups in total. The lowest BCUT2D eigenvalue weighted by Crippen LogP contribution is -2.29. The molecular formula is C39H69O10P. The first-order chi connectivity index (χ1) is 24.2. The Hall–Kier alpha value is -2.07. The summed E-state index contributed by atoms with van der Waals surface area (Å²) in [7, 11) is -4.61. The van der Waals surface area contributed by atoms with Crippen LogP contribution < -0.4 is 0 Å². The van der Waals surface area contributed by atoms with Crippen molar-refractivity contribution in [1.29, 1.82) is 0 Å². The Morgan fingerprint density at radius 3 is 1.60 bits per heavy atom. The van der Waals surface area contributed by atoms with Gasteiger partial charge in [-0.3, -0.25) is 18.6 Å². The SMILES string of the molecule is CCCCC/C=C/C/C=C/C/C=C/C/C=C/CCCCCC(=O)OC[C@@H](COP(=O)(O)OC[C@H](O)CO)OC(=O)CCCCCCCCCC. The quantitative estimate of drug-likeness (QED) is 0.0249. The minimum absolute atomic E-state index is 0.175. The Morgan fingerprint density at radius 2 is 1.04 bits per heavy atom. The fraction of sp³-hybridized carbons (Fsp3) is 0.744. The Bertz CT molecular complexity index is 978. The number of phosphoric ester groups is 1. The van der Waals surface area contributed by atoms with Crippen LogP contribution in [-0.4, -0.2) is 65.7 Å². The summed E-state index contributed by atoms with van der Waals surface area (Å²) in [6.07, 6.45) is 35.3. The number of esters is 2. The van der Waals surface area contributed by atoms with E-state index in [1.807, 2.05) is 0 Å². The van der Waals surface area contributed by atoms with Gasteiger partial charge in [0.1, 0.15) is 12.7 Å². The van der Waals surface area contributed by atoms with E-state index in [0.29, 0.717) is 12.8 Å². The van der Waals surface area contributed by atoms with Crippen molar-refractivity contribution in [3.8, 4) is 0 Å². The lowest BCUT2D eigenvalue weighted by molar-refractivity contribution is -0.161. The maximum Gasteiger partial charge on any atom is 0.472 e. The molecule has 0 aromatic carbocycles. The maximum absolute atomic E-state index is 12.5. The van der Waals surface area contributed by atoms with E-state index >= 15 is 0 Å². The molecule has 0 aliphatic rings. The van der Waals surface area contributed by atoms with Gasteiger partial charge >= 0.3 is 19.8 Å². The van der Waals surface area contributed by atoms with Gasteiger partial charge in [0.15, 0.2) is 6.10 Å². The van der Waals surface area contributed by atoms with Crippen molar-refractivity contribution in [1.82, 2.24) is 0 Å².